The Bertz CT molecular complexity index is 550. The summed E-state index contributed by atoms with van der Waals surface area (Å²) >= 11 is 0. The van der Waals surface area contributed by atoms with E-state index in [1.807, 2.05) is 0 Å². The predicted octanol–water partition coefficient (Wildman–Crippen LogP) is 4.56. The molecule has 0 aromatic heterocycles. The van der Waals surface area contributed by atoms with E-state index >= 15 is 0 Å². The van der Waals surface area contributed by atoms with Crippen LogP contribution in [0.1, 0.15) is 44.7 Å². The maximum atomic E-state index is 13.8. The molecular weight excluding hydrogens is 279 g/mol. The van der Waals surface area contributed by atoms with Crippen LogP contribution in [0.25, 0.3) is 0 Å². The fourth-order valence-corrected chi connectivity index (χ4v) is 2.36. The van der Waals surface area contributed by atoms with Crippen molar-refractivity contribution in [3.05, 3.63) is 28.8 Å². The molecule has 1 aromatic carbocycles. The Labute approximate surface area is 113 Å². The number of hydrogen-bond acceptors (Lipinski definition) is 1. The van der Waals surface area contributed by atoms with Gasteiger partial charge in [0, 0.05) is 5.56 Å². The molecule has 1 aliphatic carbocycles. The van der Waals surface area contributed by atoms with E-state index in [1.54, 1.807) is 20.8 Å². The zero-order valence-electron chi connectivity index (χ0n) is 11.3. The van der Waals surface area contributed by atoms with E-state index in [1.165, 1.54) is 0 Å². The van der Waals surface area contributed by atoms with Gasteiger partial charge in [-0.2, -0.15) is 17.6 Å². The van der Waals surface area contributed by atoms with Gasteiger partial charge >= 0.3 is 6.18 Å². The minimum atomic E-state index is -4.59. The summed E-state index contributed by atoms with van der Waals surface area (Å²) in [6, 6.07) is 0.953. The van der Waals surface area contributed by atoms with Crippen LogP contribution in [0.3, 0.4) is 0 Å². The third kappa shape index (κ3) is 2.05. The number of phenolic OH excluding ortho intramolecular Hbond substituents is 1. The normalized spacial score (nSPS) is 18.2. The highest BCUT2D eigenvalue weighted by Gasteiger charge is 2.65. The molecule has 1 N–H and O–H groups in total. The minimum Gasteiger partial charge on any atom is -0.505 e. The molecule has 0 aliphatic heterocycles. The molecule has 0 spiro atoms. The number of alkyl halides is 3. The highest BCUT2D eigenvalue weighted by Crippen LogP contribution is 2.61. The van der Waals surface area contributed by atoms with Gasteiger partial charge in [0.25, 0.3) is 0 Å². The molecule has 0 radical (unpaired) electrons. The van der Waals surface area contributed by atoms with Gasteiger partial charge in [-0.25, -0.2) is 4.39 Å². The topological polar surface area (TPSA) is 20.2 Å². The molecule has 112 valence electrons. The van der Waals surface area contributed by atoms with Gasteiger partial charge in [-0.1, -0.05) is 20.8 Å². The summed E-state index contributed by atoms with van der Waals surface area (Å²) in [5.41, 5.74) is -3.84. The number of rotatable bonds is 1. The molecule has 0 unspecified atom stereocenters. The summed E-state index contributed by atoms with van der Waals surface area (Å²) in [6.07, 6.45) is -5.04. The van der Waals surface area contributed by atoms with Crippen LogP contribution in [-0.2, 0) is 10.8 Å². The summed E-state index contributed by atoms with van der Waals surface area (Å²) in [6.45, 7) is 4.70. The lowest BCUT2D eigenvalue weighted by molar-refractivity contribution is -0.161. The monoisotopic (exact) mass is 294 g/mol. The Morgan fingerprint density at radius 2 is 1.55 bits per heavy atom. The van der Waals surface area contributed by atoms with Gasteiger partial charge in [-0.15, -0.1) is 0 Å². The molecule has 0 atom stereocenters. The summed E-state index contributed by atoms with van der Waals surface area (Å²) in [5.74, 6) is -4.13. The number of aromatic hydroxyl groups is 1. The summed E-state index contributed by atoms with van der Waals surface area (Å²) in [4.78, 5) is 0. The maximum Gasteiger partial charge on any atom is 0.398 e. The van der Waals surface area contributed by atoms with E-state index in [-0.39, 0.29) is 18.4 Å². The highest BCUT2D eigenvalue weighted by molar-refractivity contribution is 5.49. The third-order valence-electron chi connectivity index (χ3n) is 3.80. The second kappa shape index (κ2) is 4.09. The van der Waals surface area contributed by atoms with Gasteiger partial charge < -0.3 is 5.11 Å². The predicted molar refractivity (Wildman–Crippen MR) is 63.7 cm³/mol. The molecule has 1 nitrogen and oxygen atoms in total. The van der Waals surface area contributed by atoms with Crippen LogP contribution in [0, 0.1) is 11.6 Å². The van der Waals surface area contributed by atoms with Gasteiger partial charge in [0.1, 0.15) is 0 Å². The lowest BCUT2D eigenvalue weighted by Crippen LogP contribution is -2.30. The van der Waals surface area contributed by atoms with Gasteiger partial charge in [0.05, 0.1) is 5.41 Å². The Morgan fingerprint density at radius 1 is 1.05 bits per heavy atom. The van der Waals surface area contributed by atoms with Crippen LogP contribution >= 0.6 is 0 Å². The fourth-order valence-electron chi connectivity index (χ4n) is 2.36. The van der Waals surface area contributed by atoms with Crippen LogP contribution in [0.15, 0.2) is 6.07 Å². The van der Waals surface area contributed by atoms with Crippen molar-refractivity contribution in [3.8, 4) is 5.75 Å². The largest absolute Gasteiger partial charge is 0.505 e. The van der Waals surface area contributed by atoms with E-state index in [0.717, 1.165) is 6.07 Å². The SMILES string of the molecule is CC(C)(C)c1cc(C2(C(F)(F)F)CC2)c(O)c(F)c1F. The zero-order chi connectivity index (χ0) is 15.5. The van der Waals surface area contributed by atoms with Gasteiger partial charge in [0.2, 0.25) is 5.82 Å². The first kappa shape index (κ1) is 15.1. The lowest BCUT2D eigenvalue weighted by Gasteiger charge is -2.26. The van der Waals surface area contributed by atoms with E-state index in [9.17, 15) is 27.1 Å². The first-order chi connectivity index (χ1) is 8.92. The Kier molecular flexibility index (Phi) is 3.08. The quantitative estimate of drug-likeness (QED) is 0.753. The average Bonchev–Trinajstić information content (AvgIpc) is 3.04. The van der Waals surface area contributed by atoms with Crippen LogP contribution in [0.5, 0.6) is 5.75 Å². The molecule has 0 bridgehead atoms. The van der Waals surface area contributed by atoms with Gasteiger partial charge in [-0.05, 0) is 29.9 Å². The van der Waals surface area contributed by atoms with E-state index in [0.29, 0.717) is 0 Å². The second-order valence-corrected chi connectivity index (χ2v) is 6.28. The lowest BCUT2D eigenvalue weighted by atomic mass is 9.82. The molecule has 0 heterocycles. The molecule has 2 rings (SSSR count). The zero-order valence-corrected chi connectivity index (χ0v) is 11.3. The van der Waals surface area contributed by atoms with Crippen molar-refractivity contribution in [2.45, 2.75) is 50.6 Å². The van der Waals surface area contributed by atoms with Crippen LogP contribution in [0.4, 0.5) is 22.0 Å². The molecule has 6 heteroatoms. The van der Waals surface area contributed by atoms with Crippen LogP contribution in [0.2, 0.25) is 0 Å². The summed E-state index contributed by atoms with van der Waals surface area (Å²) in [7, 11) is 0. The maximum absolute atomic E-state index is 13.8. The van der Waals surface area contributed by atoms with Gasteiger partial charge in [0.15, 0.2) is 11.6 Å². The Balaban J connectivity index is 2.71. The fraction of sp³-hybridized carbons (Fsp3) is 0.571. The van der Waals surface area contributed by atoms with Crippen molar-refractivity contribution in [1.29, 1.82) is 0 Å². The molecule has 0 amide bonds. The Hall–Kier alpha value is -1.33. The molecular formula is C14H15F5O. The van der Waals surface area contributed by atoms with Crippen LogP contribution < -0.4 is 0 Å². The minimum absolute atomic E-state index is 0.168. The first-order valence-electron chi connectivity index (χ1n) is 6.20. The summed E-state index contributed by atoms with van der Waals surface area (Å²) < 4.78 is 66.8. The Morgan fingerprint density at radius 3 is 1.90 bits per heavy atom. The summed E-state index contributed by atoms with van der Waals surface area (Å²) in [5, 5.41) is 9.59. The first-order valence-corrected chi connectivity index (χ1v) is 6.20. The number of hydrogen-bond donors (Lipinski definition) is 1. The highest BCUT2D eigenvalue weighted by atomic mass is 19.4. The van der Waals surface area contributed by atoms with Crippen molar-refractivity contribution in [2.24, 2.45) is 0 Å². The van der Waals surface area contributed by atoms with Crippen molar-refractivity contribution in [3.63, 3.8) is 0 Å². The van der Waals surface area contributed by atoms with E-state index in [2.05, 4.69) is 0 Å². The van der Waals surface area contributed by atoms with Crippen molar-refractivity contribution in [2.75, 3.05) is 0 Å². The standard InChI is InChI=1S/C14H15F5O/c1-12(2,3)7-6-8(11(20)10(16)9(7)15)13(4-5-13)14(17,18)19/h6,20H,4-5H2,1-3H3. The number of phenols is 1. The molecule has 20 heavy (non-hydrogen) atoms. The molecule has 1 saturated carbocycles. The van der Waals surface area contributed by atoms with Crippen LogP contribution in [-0.4, -0.2) is 11.3 Å². The van der Waals surface area contributed by atoms with Gasteiger partial charge in [-0.3, -0.25) is 0 Å². The molecule has 1 aromatic rings. The number of benzene rings is 1. The molecule has 0 saturated heterocycles. The van der Waals surface area contributed by atoms with E-state index in [4.69, 9.17) is 0 Å². The second-order valence-electron chi connectivity index (χ2n) is 6.28. The average molecular weight is 294 g/mol. The number of halogens is 5. The molecule has 1 aliphatic rings. The van der Waals surface area contributed by atoms with E-state index < -0.39 is 40.0 Å². The van der Waals surface area contributed by atoms with Crippen molar-refractivity contribution in [1.82, 2.24) is 0 Å². The smallest absolute Gasteiger partial charge is 0.398 e. The van der Waals surface area contributed by atoms with Crippen molar-refractivity contribution < 1.29 is 27.1 Å². The molecule has 1 fully saturated rings. The third-order valence-corrected chi connectivity index (χ3v) is 3.80. The van der Waals surface area contributed by atoms with Crippen molar-refractivity contribution >= 4 is 0 Å².